The largest absolute Gasteiger partial charge is 0.378 e. The minimum atomic E-state index is -3.14. The summed E-state index contributed by atoms with van der Waals surface area (Å²) < 4.78 is 28.3. The number of ether oxygens (including phenoxy) is 1. The molecule has 1 aromatic carbocycles. The van der Waals surface area contributed by atoms with Crippen molar-refractivity contribution >= 4 is 15.7 Å². The highest BCUT2D eigenvalue weighted by molar-refractivity contribution is 7.91. The first-order valence-electron chi connectivity index (χ1n) is 6.44. The van der Waals surface area contributed by atoms with Gasteiger partial charge in [0.2, 0.25) is 0 Å². The summed E-state index contributed by atoms with van der Waals surface area (Å²) in [4.78, 5) is 12.2. The number of carbonyl (C=O) groups is 1. The summed E-state index contributed by atoms with van der Waals surface area (Å²) in [6, 6.07) is 4.93. The highest BCUT2D eigenvalue weighted by atomic mass is 32.2. The van der Waals surface area contributed by atoms with E-state index in [0.29, 0.717) is 5.56 Å². The predicted octanol–water partition coefficient (Wildman–Crippen LogP) is 0.845. The molecule has 2 rings (SSSR count). The number of sulfone groups is 1. The standard InChI is InChI=1S/C14H19NO4S/c1-9-4-5-11(6-10(9)2)14(16)15-12-7-20(17,18)8-13(12)19-3/h4-6,12-13H,7-8H2,1-3H3,(H,15,16)/t12-,13-/m1/s1. The number of carbonyl (C=O) groups excluding carboxylic acids is 1. The van der Waals surface area contributed by atoms with Crippen LogP contribution in [0.5, 0.6) is 0 Å². The van der Waals surface area contributed by atoms with Crippen molar-refractivity contribution in [3.8, 4) is 0 Å². The molecule has 1 saturated heterocycles. The fourth-order valence-electron chi connectivity index (χ4n) is 2.32. The van der Waals surface area contributed by atoms with Crippen LogP contribution in [0.2, 0.25) is 0 Å². The van der Waals surface area contributed by atoms with E-state index in [1.807, 2.05) is 19.9 Å². The molecule has 0 unspecified atom stereocenters. The van der Waals surface area contributed by atoms with Gasteiger partial charge in [0.1, 0.15) is 0 Å². The average Bonchev–Trinajstić information content (AvgIpc) is 2.67. The van der Waals surface area contributed by atoms with Crippen molar-refractivity contribution in [2.45, 2.75) is 26.0 Å². The van der Waals surface area contributed by atoms with Crippen molar-refractivity contribution in [1.82, 2.24) is 5.32 Å². The fraction of sp³-hybridized carbons (Fsp3) is 0.500. The Balaban J connectivity index is 2.13. The van der Waals surface area contributed by atoms with E-state index in [9.17, 15) is 13.2 Å². The molecular weight excluding hydrogens is 278 g/mol. The number of amides is 1. The van der Waals surface area contributed by atoms with Crippen LogP contribution >= 0.6 is 0 Å². The van der Waals surface area contributed by atoms with E-state index < -0.39 is 22.0 Å². The van der Waals surface area contributed by atoms with Crippen LogP contribution in [0.1, 0.15) is 21.5 Å². The lowest BCUT2D eigenvalue weighted by Crippen LogP contribution is -2.43. The molecule has 1 aliphatic heterocycles. The molecule has 6 heteroatoms. The lowest BCUT2D eigenvalue weighted by molar-refractivity contribution is 0.0786. The Morgan fingerprint density at radius 1 is 1.25 bits per heavy atom. The van der Waals surface area contributed by atoms with Gasteiger partial charge in [0.05, 0.1) is 23.7 Å². The SMILES string of the molecule is CO[C@@H]1CS(=O)(=O)C[C@H]1NC(=O)c1ccc(C)c(C)c1. The molecule has 1 amide bonds. The summed E-state index contributed by atoms with van der Waals surface area (Å²) in [7, 11) is -1.68. The summed E-state index contributed by atoms with van der Waals surface area (Å²) >= 11 is 0. The summed E-state index contributed by atoms with van der Waals surface area (Å²) in [5, 5.41) is 2.76. The molecule has 0 radical (unpaired) electrons. The van der Waals surface area contributed by atoms with Gasteiger partial charge in [-0.1, -0.05) is 6.07 Å². The molecule has 20 heavy (non-hydrogen) atoms. The number of benzene rings is 1. The van der Waals surface area contributed by atoms with Gasteiger partial charge in [0.25, 0.3) is 5.91 Å². The van der Waals surface area contributed by atoms with Gasteiger partial charge in [-0.15, -0.1) is 0 Å². The lowest BCUT2D eigenvalue weighted by Gasteiger charge is -2.18. The Labute approximate surface area is 119 Å². The normalized spacial score (nSPS) is 24.6. The molecule has 0 spiro atoms. The number of rotatable bonds is 3. The van der Waals surface area contributed by atoms with Crippen molar-refractivity contribution in [1.29, 1.82) is 0 Å². The molecule has 0 bridgehead atoms. The zero-order valence-corrected chi connectivity index (χ0v) is 12.7. The highest BCUT2D eigenvalue weighted by Gasteiger charge is 2.38. The van der Waals surface area contributed by atoms with Crippen LogP contribution in [-0.2, 0) is 14.6 Å². The van der Waals surface area contributed by atoms with E-state index >= 15 is 0 Å². The first kappa shape index (κ1) is 15.0. The Morgan fingerprint density at radius 3 is 2.55 bits per heavy atom. The maximum Gasteiger partial charge on any atom is 0.251 e. The summed E-state index contributed by atoms with van der Waals surface area (Å²) in [6.45, 7) is 3.91. The maximum absolute atomic E-state index is 12.2. The highest BCUT2D eigenvalue weighted by Crippen LogP contribution is 2.16. The molecule has 2 atom stereocenters. The molecule has 0 aliphatic carbocycles. The molecule has 1 N–H and O–H groups in total. The van der Waals surface area contributed by atoms with Crippen LogP contribution in [0.4, 0.5) is 0 Å². The Hall–Kier alpha value is -1.40. The van der Waals surface area contributed by atoms with Crippen LogP contribution in [0.15, 0.2) is 18.2 Å². The monoisotopic (exact) mass is 297 g/mol. The second-order valence-corrected chi connectivity index (χ2v) is 7.38. The zero-order valence-electron chi connectivity index (χ0n) is 11.8. The molecule has 1 aromatic rings. The number of methoxy groups -OCH3 is 1. The van der Waals surface area contributed by atoms with Gasteiger partial charge in [0.15, 0.2) is 9.84 Å². The predicted molar refractivity (Wildman–Crippen MR) is 76.6 cm³/mol. The Kier molecular flexibility index (Phi) is 4.15. The number of hydrogen-bond acceptors (Lipinski definition) is 4. The van der Waals surface area contributed by atoms with Crippen LogP contribution < -0.4 is 5.32 Å². The topological polar surface area (TPSA) is 72.5 Å². The van der Waals surface area contributed by atoms with E-state index in [-0.39, 0.29) is 17.4 Å². The first-order valence-corrected chi connectivity index (χ1v) is 8.26. The van der Waals surface area contributed by atoms with Gasteiger partial charge in [-0.3, -0.25) is 4.79 Å². The van der Waals surface area contributed by atoms with Crippen molar-refractivity contribution < 1.29 is 17.9 Å². The maximum atomic E-state index is 12.2. The van der Waals surface area contributed by atoms with Crippen molar-refractivity contribution in [3.63, 3.8) is 0 Å². The van der Waals surface area contributed by atoms with E-state index in [1.54, 1.807) is 12.1 Å². The third-order valence-corrected chi connectivity index (χ3v) is 5.39. The Bertz CT molecular complexity index is 624. The molecule has 1 heterocycles. The van der Waals surface area contributed by atoms with Crippen molar-refractivity contribution in [2.24, 2.45) is 0 Å². The van der Waals surface area contributed by atoms with Gasteiger partial charge in [0, 0.05) is 12.7 Å². The van der Waals surface area contributed by atoms with Crippen LogP contribution in [0.3, 0.4) is 0 Å². The van der Waals surface area contributed by atoms with Gasteiger partial charge in [-0.05, 0) is 37.1 Å². The molecule has 1 fully saturated rings. The molecule has 110 valence electrons. The van der Waals surface area contributed by atoms with Crippen LogP contribution in [0.25, 0.3) is 0 Å². The van der Waals surface area contributed by atoms with Crippen LogP contribution in [0, 0.1) is 13.8 Å². The Morgan fingerprint density at radius 2 is 1.95 bits per heavy atom. The third-order valence-electron chi connectivity index (χ3n) is 3.69. The van der Waals surface area contributed by atoms with E-state index in [4.69, 9.17) is 4.74 Å². The minimum Gasteiger partial charge on any atom is -0.378 e. The third kappa shape index (κ3) is 3.19. The number of hydrogen-bond donors (Lipinski definition) is 1. The fourth-order valence-corrected chi connectivity index (χ4v) is 4.17. The zero-order chi connectivity index (χ0) is 14.9. The minimum absolute atomic E-state index is 0.0403. The van der Waals surface area contributed by atoms with E-state index in [0.717, 1.165) is 11.1 Å². The second-order valence-electron chi connectivity index (χ2n) is 5.23. The molecule has 0 aromatic heterocycles. The second kappa shape index (κ2) is 5.54. The van der Waals surface area contributed by atoms with Gasteiger partial charge in [-0.25, -0.2) is 8.42 Å². The van der Waals surface area contributed by atoms with Crippen molar-refractivity contribution in [2.75, 3.05) is 18.6 Å². The van der Waals surface area contributed by atoms with Crippen molar-refractivity contribution in [3.05, 3.63) is 34.9 Å². The van der Waals surface area contributed by atoms with E-state index in [2.05, 4.69) is 5.32 Å². The lowest BCUT2D eigenvalue weighted by atomic mass is 10.1. The average molecular weight is 297 g/mol. The smallest absolute Gasteiger partial charge is 0.251 e. The summed E-state index contributed by atoms with van der Waals surface area (Å²) in [5.41, 5.74) is 2.67. The summed E-state index contributed by atoms with van der Waals surface area (Å²) in [6.07, 6.45) is -0.476. The number of aryl methyl sites for hydroxylation is 2. The molecule has 5 nitrogen and oxygen atoms in total. The number of nitrogens with one attached hydrogen (secondary N) is 1. The van der Waals surface area contributed by atoms with Gasteiger partial charge in [-0.2, -0.15) is 0 Å². The first-order chi connectivity index (χ1) is 9.32. The van der Waals surface area contributed by atoms with Crippen LogP contribution in [-0.4, -0.2) is 45.1 Å². The van der Waals surface area contributed by atoms with Gasteiger partial charge >= 0.3 is 0 Å². The summed E-state index contributed by atoms with van der Waals surface area (Å²) in [5.74, 6) is -0.374. The van der Waals surface area contributed by atoms with E-state index in [1.165, 1.54) is 7.11 Å². The van der Waals surface area contributed by atoms with Gasteiger partial charge < -0.3 is 10.1 Å². The molecule has 1 aliphatic rings. The molecular formula is C14H19NO4S. The quantitative estimate of drug-likeness (QED) is 0.897. The molecule has 0 saturated carbocycles.